The molecule has 17 heavy (non-hydrogen) atoms. The molecule has 0 radical (unpaired) electrons. The maximum absolute atomic E-state index is 13.7. The number of hydrogen-bond donors (Lipinski definition) is 2. The molecule has 0 saturated heterocycles. The molecule has 0 amide bonds. The van der Waals surface area contributed by atoms with Crippen LogP contribution in [0.15, 0.2) is 12.1 Å². The number of benzene rings is 1. The second-order valence-electron chi connectivity index (χ2n) is 4.53. The highest BCUT2D eigenvalue weighted by atomic mass is 19.1. The third-order valence-electron chi connectivity index (χ3n) is 2.72. The third kappa shape index (κ3) is 3.48. The number of rotatable bonds is 5. The first-order valence-electron chi connectivity index (χ1n) is 5.77. The molecular formula is C13H19F2NO. The molecular weight excluding hydrogens is 224 g/mol. The molecule has 0 bridgehead atoms. The van der Waals surface area contributed by atoms with Gasteiger partial charge in [-0.1, -0.05) is 6.92 Å². The molecule has 1 aromatic rings. The molecule has 0 aromatic heterocycles. The highest BCUT2D eigenvalue weighted by Gasteiger charge is 2.27. The molecule has 1 rings (SSSR count). The van der Waals surface area contributed by atoms with Gasteiger partial charge in [0, 0.05) is 12.1 Å². The van der Waals surface area contributed by atoms with Gasteiger partial charge in [0.1, 0.15) is 17.2 Å². The van der Waals surface area contributed by atoms with E-state index in [0.717, 1.165) is 25.1 Å². The fourth-order valence-corrected chi connectivity index (χ4v) is 1.66. The van der Waals surface area contributed by atoms with Crippen molar-refractivity contribution in [3.63, 3.8) is 0 Å². The van der Waals surface area contributed by atoms with Crippen LogP contribution in [0.3, 0.4) is 0 Å². The van der Waals surface area contributed by atoms with Gasteiger partial charge in [0.25, 0.3) is 0 Å². The number of halogens is 2. The van der Waals surface area contributed by atoms with Crippen LogP contribution < -0.4 is 5.32 Å². The van der Waals surface area contributed by atoms with Crippen molar-refractivity contribution in [3.05, 3.63) is 34.9 Å². The van der Waals surface area contributed by atoms with Gasteiger partial charge in [0.15, 0.2) is 0 Å². The summed E-state index contributed by atoms with van der Waals surface area (Å²) in [6.07, 6.45) is 0.917. The van der Waals surface area contributed by atoms with Gasteiger partial charge in [-0.15, -0.1) is 0 Å². The van der Waals surface area contributed by atoms with Crippen LogP contribution >= 0.6 is 0 Å². The van der Waals surface area contributed by atoms with Crippen molar-refractivity contribution in [2.45, 2.75) is 32.8 Å². The van der Waals surface area contributed by atoms with E-state index in [-0.39, 0.29) is 17.7 Å². The molecule has 0 aliphatic rings. The number of nitrogens with one attached hydrogen (secondary N) is 1. The van der Waals surface area contributed by atoms with Crippen LogP contribution in [0.25, 0.3) is 0 Å². The monoisotopic (exact) mass is 243 g/mol. The molecule has 96 valence electrons. The smallest absolute Gasteiger partial charge is 0.129 e. The minimum Gasteiger partial charge on any atom is -0.384 e. The lowest BCUT2D eigenvalue weighted by molar-refractivity contribution is 0.0531. The largest absolute Gasteiger partial charge is 0.384 e. The van der Waals surface area contributed by atoms with Crippen LogP contribution in [0.4, 0.5) is 8.78 Å². The van der Waals surface area contributed by atoms with Gasteiger partial charge in [-0.25, -0.2) is 8.78 Å². The van der Waals surface area contributed by atoms with E-state index in [1.807, 2.05) is 6.92 Å². The SMILES string of the molecule is CCCNCC(C)(O)c1cc(F)c(C)cc1F. The molecule has 2 nitrogen and oxygen atoms in total. The molecule has 0 aliphatic heterocycles. The Bertz CT molecular complexity index is 391. The molecule has 2 N–H and O–H groups in total. The zero-order chi connectivity index (χ0) is 13.1. The fraction of sp³-hybridized carbons (Fsp3) is 0.538. The highest BCUT2D eigenvalue weighted by Crippen LogP contribution is 2.25. The Morgan fingerprint density at radius 1 is 1.29 bits per heavy atom. The van der Waals surface area contributed by atoms with Crippen molar-refractivity contribution in [1.82, 2.24) is 5.32 Å². The average Bonchev–Trinajstić information content (AvgIpc) is 2.23. The summed E-state index contributed by atoms with van der Waals surface area (Å²) in [5.41, 5.74) is -1.18. The molecule has 4 heteroatoms. The quantitative estimate of drug-likeness (QED) is 0.779. The molecule has 1 unspecified atom stereocenters. The van der Waals surface area contributed by atoms with Gasteiger partial charge in [0.05, 0.1) is 0 Å². The van der Waals surface area contributed by atoms with E-state index in [1.165, 1.54) is 13.8 Å². The summed E-state index contributed by atoms with van der Waals surface area (Å²) in [5.74, 6) is -1.08. The van der Waals surface area contributed by atoms with Gasteiger partial charge in [-0.05, 0) is 44.5 Å². The first kappa shape index (κ1) is 14.1. The Hall–Kier alpha value is -1.00. The lowest BCUT2D eigenvalue weighted by Crippen LogP contribution is -2.36. The Labute approximate surface area is 101 Å². The highest BCUT2D eigenvalue weighted by molar-refractivity contribution is 5.29. The average molecular weight is 243 g/mol. The van der Waals surface area contributed by atoms with Crippen LogP contribution in [0, 0.1) is 18.6 Å². The Kier molecular flexibility index (Phi) is 4.60. The van der Waals surface area contributed by atoms with Crippen LogP contribution in [-0.4, -0.2) is 18.2 Å². The standard InChI is InChI=1S/C13H19F2NO/c1-4-5-16-8-13(3,17)10-7-11(14)9(2)6-12(10)15/h6-7,16-17H,4-5,8H2,1-3H3. The maximum Gasteiger partial charge on any atom is 0.129 e. The third-order valence-corrected chi connectivity index (χ3v) is 2.72. The van der Waals surface area contributed by atoms with Gasteiger partial charge in [-0.2, -0.15) is 0 Å². The van der Waals surface area contributed by atoms with Crippen LogP contribution in [0.2, 0.25) is 0 Å². The van der Waals surface area contributed by atoms with Gasteiger partial charge in [-0.3, -0.25) is 0 Å². The lowest BCUT2D eigenvalue weighted by Gasteiger charge is -2.25. The number of aryl methyl sites for hydroxylation is 1. The molecule has 1 atom stereocenters. The predicted molar refractivity (Wildman–Crippen MR) is 63.8 cm³/mol. The minimum atomic E-state index is -1.41. The van der Waals surface area contributed by atoms with E-state index >= 15 is 0 Å². The van der Waals surface area contributed by atoms with Crippen LogP contribution in [-0.2, 0) is 5.60 Å². The first-order valence-corrected chi connectivity index (χ1v) is 5.77. The van der Waals surface area contributed by atoms with E-state index in [0.29, 0.717) is 0 Å². The molecule has 0 aliphatic carbocycles. The summed E-state index contributed by atoms with van der Waals surface area (Å²) in [7, 11) is 0. The normalized spacial score (nSPS) is 14.7. The predicted octanol–water partition coefficient (Wildman–Crippen LogP) is 2.48. The second kappa shape index (κ2) is 5.56. The Morgan fingerprint density at radius 2 is 1.94 bits per heavy atom. The van der Waals surface area contributed by atoms with Crippen molar-refractivity contribution in [3.8, 4) is 0 Å². The zero-order valence-electron chi connectivity index (χ0n) is 10.5. The Morgan fingerprint density at radius 3 is 2.53 bits per heavy atom. The molecule has 0 heterocycles. The Balaban J connectivity index is 2.93. The molecule has 0 saturated carbocycles. The molecule has 0 fully saturated rings. The topological polar surface area (TPSA) is 32.3 Å². The van der Waals surface area contributed by atoms with Crippen molar-refractivity contribution >= 4 is 0 Å². The minimum absolute atomic E-state index is 0.01000. The van der Waals surface area contributed by atoms with Crippen molar-refractivity contribution in [2.24, 2.45) is 0 Å². The van der Waals surface area contributed by atoms with Crippen molar-refractivity contribution < 1.29 is 13.9 Å². The van der Waals surface area contributed by atoms with E-state index in [1.54, 1.807) is 0 Å². The summed E-state index contributed by atoms with van der Waals surface area (Å²) in [4.78, 5) is 0. The van der Waals surface area contributed by atoms with Gasteiger partial charge >= 0.3 is 0 Å². The zero-order valence-corrected chi connectivity index (χ0v) is 10.5. The second-order valence-corrected chi connectivity index (χ2v) is 4.53. The summed E-state index contributed by atoms with van der Waals surface area (Å²) in [6.45, 7) is 5.88. The van der Waals surface area contributed by atoms with Crippen molar-refractivity contribution in [2.75, 3.05) is 13.1 Å². The molecule has 0 spiro atoms. The lowest BCUT2D eigenvalue weighted by atomic mass is 9.94. The fourth-order valence-electron chi connectivity index (χ4n) is 1.66. The van der Waals surface area contributed by atoms with Gasteiger partial charge < -0.3 is 10.4 Å². The summed E-state index contributed by atoms with van der Waals surface area (Å²) >= 11 is 0. The summed E-state index contributed by atoms with van der Waals surface area (Å²) in [6, 6.07) is 2.18. The number of aliphatic hydroxyl groups is 1. The van der Waals surface area contributed by atoms with Crippen molar-refractivity contribution in [1.29, 1.82) is 0 Å². The number of hydrogen-bond acceptors (Lipinski definition) is 2. The van der Waals surface area contributed by atoms with E-state index in [9.17, 15) is 13.9 Å². The molecule has 1 aromatic carbocycles. The summed E-state index contributed by atoms with van der Waals surface area (Å²) in [5, 5.41) is 13.1. The van der Waals surface area contributed by atoms with Gasteiger partial charge in [0.2, 0.25) is 0 Å². The summed E-state index contributed by atoms with van der Waals surface area (Å²) < 4.78 is 27.1. The van der Waals surface area contributed by atoms with E-state index < -0.39 is 17.2 Å². The van der Waals surface area contributed by atoms with Crippen LogP contribution in [0.1, 0.15) is 31.4 Å². The van der Waals surface area contributed by atoms with Crippen LogP contribution in [0.5, 0.6) is 0 Å². The maximum atomic E-state index is 13.7. The van der Waals surface area contributed by atoms with E-state index in [4.69, 9.17) is 0 Å². The first-order chi connectivity index (χ1) is 7.88. The van der Waals surface area contributed by atoms with E-state index in [2.05, 4.69) is 5.32 Å².